The van der Waals surface area contributed by atoms with Crippen LogP contribution in [0.15, 0.2) is 23.2 Å². The summed E-state index contributed by atoms with van der Waals surface area (Å²) < 4.78 is 38.0. The quantitative estimate of drug-likeness (QED) is 0.855. The summed E-state index contributed by atoms with van der Waals surface area (Å²) >= 11 is 0. The molecule has 1 atom stereocenters. The van der Waals surface area contributed by atoms with E-state index >= 15 is 0 Å². The van der Waals surface area contributed by atoms with Crippen LogP contribution >= 0.6 is 0 Å². The molecule has 0 saturated heterocycles. The van der Waals surface area contributed by atoms with Crippen molar-refractivity contribution in [2.24, 2.45) is 4.99 Å². The predicted octanol–water partition coefficient (Wildman–Crippen LogP) is 1.79. The van der Waals surface area contributed by atoms with E-state index in [9.17, 15) is 17.9 Å². The third-order valence-corrected chi connectivity index (χ3v) is 5.21. The largest absolute Gasteiger partial charge is 0.368 e. The molecule has 0 fully saturated rings. The maximum atomic E-state index is 13.3. The standard InChI is InChI=1S/C12H15FN2O3S/c1-12(2,3)19(17,18)15-7-14-11(16)9-5-4-8(13)6-10(9)15/h4-7,11,16H,1-3H3. The molecular formula is C12H15FN2O3S. The lowest BCUT2D eigenvalue weighted by molar-refractivity contribution is 0.188. The Morgan fingerprint density at radius 3 is 2.58 bits per heavy atom. The zero-order valence-corrected chi connectivity index (χ0v) is 11.6. The van der Waals surface area contributed by atoms with Crippen molar-refractivity contribution >= 4 is 22.0 Å². The zero-order valence-electron chi connectivity index (χ0n) is 10.8. The van der Waals surface area contributed by atoms with Crippen molar-refractivity contribution in [2.75, 3.05) is 4.31 Å². The van der Waals surface area contributed by atoms with Gasteiger partial charge in [-0.1, -0.05) is 0 Å². The molecular weight excluding hydrogens is 271 g/mol. The van der Waals surface area contributed by atoms with E-state index in [0.29, 0.717) is 0 Å². The minimum absolute atomic E-state index is 0.0948. The van der Waals surface area contributed by atoms with Crippen LogP contribution in [-0.4, -0.2) is 24.6 Å². The Bertz CT molecular complexity index is 635. The van der Waals surface area contributed by atoms with Crippen LogP contribution in [0.4, 0.5) is 10.1 Å². The zero-order chi connectivity index (χ0) is 14.4. The van der Waals surface area contributed by atoms with Crippen molar-refractivity contribution in [1.29, 1.82) is 0 Å². The molecule has 1 aromatic carbocycles. The van der Waals surface area contributed by atoms with Crippen molar-refractivity contribution < 1.29 is 17.9 Å². The molecule has 19 heavy (non-hydrogen) atoms. The van der Waals surface area contributed by atoms with Gasteiger partial charge in [-0.05, 0) is 39.0 Å². The van der Waals surface area contributed by atoms with Gasteiger partial charge in [0.15, 0.2) is 6.23 Å². The van der Waals surface area contributed by atoms with Crippen molar-refractivity contribution in [3.05, 3.63) is 29.6 Å². The Kier molecular flexibility index (Phi) is 3.14. The first-order valence-electron chi connectivity index (χ1n) is 5.69. The molecule has 1 heterocycles. The molecule has 1 N–H and O–H groups in total. The lowest BCUT2D eigenvalue weighted by Crippen LogP contribution is -2.44. The third-order valence-electron chi connectivity index (χ3n) is 2.85. The molecule has 1 aliphatic heterocycles. The third kappa shape index (κ3) is 2.23. The number of aliphatic hydroxyl groups excluding tert-OH is 1. The fraction of sp³-hybridized carbons (Fsp3) is 0.417. The smallest absolute Gasteiger partial charge is 0.245 e. The van der Waals surface area contributed by atoms with Crippen molar-refractivity contribution in [3.8, 4) is 0 Å². The fourth-order valence-electron chi connectivity index (χ4n) is 1.68. The lowest BCUT2D eigenvalue weighted by Gasteiger charge is -2.32. The predicted molar refractivity (Wildman–Crippen MR) is 71.0 cm³/mol. The van der Waals surface area contributed by atoms with Crippen LogP contribution in [0, 0.1) is 5.82 Å². The minimum Gasteiger partial charge on any atom is -0.368 e. The highest BCUT2D eigenvalue weighted by atomic mass is 32.2. The Morgan fingerprint density at radius 2 is 2.00 bits per heavy atom. The fourth-order valence-corrected chi connectivity index (χ4v) is 2.86. The molecule has 0 spiro atoms. The van der Waals surface area contributed by atoms with E-state index in [-0.39, 0.29) is 11.3 Å². The first-order chi connectivity index (χ1) is 8.64. The molecule has 104 valence electrons. The molecule has 0 aliphatic carbocycles. The molecule has 1 aliphatic rings. The number of anilines is 1. The van der Waals surface area contributed by atoms with Gasteiger partial charge in [0.05, 0.1) is 10.4 Å². The topological polar surface area (TPSA) is 70.0 Å². The highest BCUT2D eigenvalue weighted by Crippen LogP contribution is 2.35. The molecule has 0 amide bonds. The van der Waals surface area contributed by atoms with Crippen molar-refractivity contribution in [3.63, 3.8) is 0 Å². The van der Waals surface area contributed by atoms with Gasteiger partial charge in [0.2, 0.25) is 10.0 Å². The van der Waals surface area contributed by atoms with E-state index in [0.717, 1.165) is 22.8 Å². The summed E-state index contributed by atoms with van der Waals surface area (Å²) in [4.78, 5) is 3.72. The summed E-state index contributed by atoms with van der Waals surface area (Å²) in [5, 5.41) is 9.70. The number of hydrogen-bond donors (Lipinski definition) is 1. The highest BCUT2D eigenvalue weighted by Gasteiger charge is 2.38. The van der Waals surface area contributed by atoms with Gasteiger partial charge in [-0.25, -0.2) is 22.1 Å². The van der Waals surface area contributed by atoms with E-state index in [2.05, 4.69) is 4.99 Å². The van der Waals surface area contributed by atoms with Crippen LogP contribution in [0.25, 0.3) is 0 Å². The van der Waals surface area contributed by atoms with Gasteiger partial charge in [-0.2, -0.15) is 0 Å². The average Bonchev–Trinajstić information content (AvgIpc) is 2.27. The normalized spacial score (nSPS) is 19.4. The van der Waals surface area contributed by atoms with Gasteiger partial charge < -0.3 is 5.11 Å². The summed E-state index contributed by atoms with van der Waals surface area (Å²) in [5.74, 6) is -0.574. The monoisotopic (exact) mass is 286 g/mol. The number of rotatable bonds is 1. The first kappa shape index (κ1) is 14.0. The van der Waals surface area contributed by atoms with Crippen molar-refractivity contribution in [1.82, 2.24) is 0 Å². The number of halogens is 1. The van der Waals surface area contributed by atoms with E-state index in [1.165, 1.54) is 6.07 Å². The summed E-state index contributed by atoms with van der Waals surface area (Å²) in [6.45, 7) is 4.63. The Morgan fingerprint density at radius 1 is 1.37 bits per heavy atom. The van der Waals surface area contributed by atoms with E-state index in [4.69, 9.17) is 0 Å². The number of aliphatic hydroxyl groups is 1. The van der Waals surface area contributed by atoms with Crippen LogP contribution in [0.2, 0.25) is 0 Å². The Balaban J connectivity index is 2.63. The molecule has 1 unspecified atom stereocenters. The summed E-state index contributed by atoms with van der Waals surface area (Å²) in [7, 11) is -3.75. The molecule has 5 nitrogen and oxygen atoms in total. The molecule has 0 saturated carbocycles. The number of nitrogens with zero attached hydrogens (tertiary/aromatic N) is 2. The van der Waals surface area contributed by atoms with Gasteiger partial charge in [0.1, 0.15) is 12.2 Å². The molecule has 7 heteroatoms. The second kappa shape index (κ2) is 4.28. The Labute approximate surface area is 111 Å². The van der Waals surface area contributed by atoms with Crippen LogP contribution < -0.4 is 4.31 Å². The summed E-state index contributed by atoms with van der Waals surface area (Å²) in [5.41, 5.74) is 0.356. The van der Waals surface area contributed by atoms with Crippen LogP contribution in [0.1, 0.15) is 32.6 Å². The van der Waals surface area contributed by atoms with Crippen LogP contribution in [-0.2, 0) is 10.0 Å². The minimum atomic E-state index is -3.75. The molecule has 1 aromatic rings. The van der Waals surface area contributed by atoms with Gasteiger partial charge >= 0.3 is 0 Å². The molecule has 2 rings (SSSR count). The summed E-state index contributed by atoms with van der Waals surface area (Å²) in [6.07, 6.45) is -0.158. The van der Waals surface area contributed by atoms with Gasteiger partial charge in [0, 0.05) is 5.56 Å². The Hall–Kier alpha value is -1.47. The van der Waals surface area contributed by atoms with Gasteiger partial charge in [-0.3, -0.25) is 0 Å². The number of hydrogen-bond acceptors (Lipinski definition) is 4. The molecule has 0 aromatic heterocycles. The lowest BCUT2D eigenvalue weighted by atomic mass is 10.1. The van der Waals surface area contributed by atoms with Crippen LogP contribution in [0.5, 0.6) is 0 Å². The number of aliphatic imine (C=N–C) groups is 1. The average molecular weight is 286 g/mol. The van der Waals surface area contributed by atoms with E-state index in [1.807, 2.05) is 0 Å². The second-order valence-corrected chi connectivity index (χ2v) is 7.82. The van der Waals surface area contributed by atoms with Gasteiger partial charge in [-0.15, -0.1) is 0 Å². The summed E-state index contributed by atoms with van der Waals surface area (Å²) in [6, 6.07) is 3.56. The maximum absolute atomic E-state index is 13.3. The highest BCUT2D eigenvalue weighted by molar-refractivity contribution is 7.94. The molecule has 0 radical (unpaired) electrons. The van der Waals surface area contributed by atoms with E-state index in [1.54, 1.807) is 20.8 Å². The second-order valence-electron chi connectivity index (χ2n) is 5.25. The number of sulfonamides is 1. The van der Waals surface area contributed by atoms with Gasteiger partial charge in [0.25, 0.3) is 0 Å². The number of fused-ring (bicyclic) bond motifs is 1. The molecule has 0 bridgehead atoms. The number of benzene rings is 1. The maximum Gasteiger partial charge on any atom is 0.245 e. The first-order valence-corrected chi connectivity index (χ1v) is 7.13. The van der Waals surface area contributed by atoms with E-state index < -0.39 is 26.8 Å². The van der Waals surface area contributed by atoms with Crippen molar-refractivity contribution in [2.45, 2.75) is 31.7 Å². The van der Waals surface area contributed by atoms with Crippen LogP contribution in [0.3, 0.4) is 0 Å². The SMILES string of the molecule is CC(C)(C)S(=O)(=O)N1C=NC(O)c2ccc(F)cc21.